The maximum Gasteiger partial charge on any atom is 0.313 e. The quantitative estimate of drug-likeness (QED) is 0.782. The smallest absolute Gasteiger partial charge is 0.313 e. The van der Waals surface area contributed by atoms with Gasteiger partial charge in [-0.05, 0) is 24.3 Å². The number of aromatic amines is 1. The second-order valence-electron chi connectivity index (χ2n) is 3.49. The van der Waals surface area contributed by atoms with E-state index in [9.17, 15) is 4.79 Å². The van der Waals surface area contributed by atoms with Crippen LogP contribution in [0.5, 0.6) is 5.75 Å². The van der Waals surface area contributed by atoms with Gasteiger partial charge >= 0.3 is 5.97 Å². The molecule has 0 unspecified atom stereocenters. The molecule has 0 atom stereocenters. The van der Waals surface area contributed by atoms with Gasteiger partial charge < -0.3 is 9.84 Å². The van der Waals surface area contributed by atoms with Crippen LogP contribution in [0.15, 0.2) is 33.9 Å². The summed E-state index contributed by atoms with van der Waals surface area (Å²) in [6.07, 6.45) is 0. The Labute approximate surface area is 121 Å². The van der Waals surface area contributed by atoms with Crippen molar-refractivity contribution in [3.05, 3.63) is 34.6 Å². The minimum Gasteiger partial charge on any atom is -0.486 e. The lowest BCUT2D eigenvalue weighted by Gasteiger charge is -2.03. The Bertz CT molecular complexity index is 559. The number of nitrogens with zero attached hydrogens (tertiary/aromatic N) is 2. The van der Waals surface area contributed by atoms with E-state index < -0.39 is 5.97 Å². The third kappa shape index (κ3) is 4.56. The maximum atomic E-state index is 10.4. The number of hydrogen-bond donors (Lipinski definition) is 2. The number of nitrogens with one attached hydrogen (secondary N) is 1. The first-order valence-electron chi connectivity index (χ1n) is 5.28. The van der Waals surface area contributed by atoms with Gasteiger partial charge in [-0.2, -0.15) is 0 Å². The normalized spacial score (nSPS) is 10.4. The van der Waals surface area contributed by atoms with Crippen molar-refractivity contribution in [2.75, 3.05) is 5.75 Å². The number of hydrogen-bond acceptors (Lipinski definition) is 5. The Balaban J connectivity index is 1.86. The lowest BCUT2D eigenvalue weighted by Crippen LogP contribution is -1.98. The highest BCUT2D eigenvalue weighted by Crippen LogP contribution is 2.17. The number of rotatable bonds is 6. The highest BCUT2D eigenvalue weighted by atomic mass is 79.9. The summed E-state index contributed by atoms with van der Waals surface area (Å²) in [4.78, 5) is 14.5. The first kappa shape index (κ1) is 13.9. The summed E-state index contributed by atoms with van der Waals surface area (Å²) in [7, 11) is 0. The molecule has 0 fully saturated rings. The molecule has 1 heterocycles. The lowest BCUT2D eigenvalue weighted by atomic mass is 10.3. The minimum absolute atomic E-state index is 0.0646. The average molecular weight is 344 g/mol. The Morgan fingerprint density at radius 1 is 1.42 bits per heavy atom. The molecule has 0 bridgehead atoms. The summed E-state index contributed by atoms with van der Waals surface area (Å²) < 4.78 is 6.48. The first-order chi connectivity index (χ1) is 9.13. The summed E-state index contributed by atoms with van der Waals surface area (Å²) in [5.41, 5.74) is 0. The molecule has 0 amide bonds. The Morgan fingerprint density at radius 2 is 2.16 bits per heavy atom. The molecule has 2 aromatic rings. The standard InChI is InChI=1S/C11H10BrN3O3S/c12-7-1-3-8(4-2-7)18-5-9-13-11(15-14-9)19-6-10(16)17/h1-4H,5-6H2,(H,16,17)(H,13,14,15). The molecule has 1 aromatic carbocycles. The van der Waals surface area contributed by atoms with Crippen LogP contribution in [-0.4, -0.2) is 32.0 Å². The van der Waals surface area contributed by atoms with Gasteiger partial charge in [-0.25, -0.2) is 4.98 Å². The highest BCUT2D eigenvalue weighted by molar-refractivity contribution is 9.10. The monoisotopic (exact) mass is 343 g/mol. The Morgan fingerprint density at radius 3 is 2.84 bits per heavy atom. The van der Waals surface area contributed by atoms with E-state index in [1.807, 2.05) is 24.3 Å². The molecule has 19 heavy (non-hydrogen) atoms. The van der Waals surface area contributed by atoms with E-state index in [0.29, 0.717) is 11.0 Å². The van der Waals surface area contributed by atoms with Gasteiger partial charge in [-0.1, -0.05) is 27.7 Å². The molecule has 6 nitrogen and oxygen atoms in total. The zero-order valence-electron chi connectivity index (χ0n) is 9.67. The highest BCUT2D eigenvalue weighted by Gasteiger charge is 2.06. The van der Waals surface area contributed by atoms with Gasteiger partial charge in [0.25, 0.3) is 0 Å². The molecule has 0 aliphatic heterocycles. The summed E-state index contributed by atoms with van der Waals surface area (Å²) >= 11 is 4.40. The number of carboxylic acids is 1. The fourth-order valence-corrected chi connectivity index (χ4v) is 2.02. The van der Waals surface area contributed by atoms with E-state index in [0.717, 1.165) is 22.0 Å². The average Bonchev–Trinajstić information content (AvgIpc) is 2.84. The van der Waals surface area contributed by atoms with Crippen LogP contribution in [0.3, 0.4) is 0 Å². The summed E-state index contributed by atoms with van der Waals surface area (Å²) in [6, 6.07) is 7.43. The predicted octanol–water partition coefficient (Wildman–Crippen LogP) is 2.32. The van der Waals surface area contributed by atoms with Crippen molar-refractivity contribution in [3.63, 3.8) is 0 Å². The molecule has 0 saturated heterocycles. The molecule has 0 spiro atoms. The summed E-state index contributed by atoms with van der Waals surface area (Å²) in [5, 5.41) is 15.5. The van der Waals surface area contributed by atoms with Crippen LogP contribution < -0.4 is 4.74 Å². The molecular weight excluding hydrogens is 334 g/mol. The van der Waals surface area contributed by atoms with Crippen LogP contribution in [-0.2, 0) is 11.4 Å². The molecule has 0 saturated carbocycles. The van der Waals surface area contributed by atoms with Crippen molar-refractivity contribution in [3.8, 4) is 5.75 Å². The van der Waals surface area contributed by atoms with Gasteiger partial charge in [0.05, 0.1) is 5.75 Å². The largest absolute Gasteiger partial charge is 0.486 e. The van der Waals surface area contributed by atoms with E-state index >= 15 is 0 Å². The van der Waals surface area contributed by atoms with Gasteiger partial charge in [0, 0.05) is 4.47 Å². The van der Waals surface area contributed by atoms with E-state index in [4.69, 9.17) is 9.84 Å². The topological polar surface area (TPSA) is 88.1 Å². The number of benzene rings is 1. The number of aromatic nitrogens is 3. The number of halogens is 1. The number of carbonyl (C=O) groups is 1. The van der Waals surface area contributed by atoms with E-state index in [-0.39, 0.29) is 12.4 Å². The van der Waals surface area contributed by atoms with E-state index in [1.54, 1.807) is 0 Å². The van der Waals surface area contributed by atoms with Crippen molar-refractivity contribution in [2.45, 2.75) is 11.8 Å². The minimum atomic E-state index is -0.900. The third-order valence-electron chi connectivity index (χ3n) is 2.03. The van der Waals surface area contributed by atoms with Crippen LogP contribution in [0.2, 0.25) is 0 Å². The van der Waals surface area contributed by atoms with Crippen LogP contribution in [0, 0.1) is 0 Å². The van der Waals surface area contributed by atoms with E-state index in [2.05, 4.69) is 31.1 Å². The fourth-order valence-electron chi connectivity index (χ4n) is 1.22. The van der Waals surface area contributed by atoms with Crippen LogP contribution >= 0.6 is 27.7 Å². The Hall–Kier alpha value is -1.54. The number of carboxylic acid groups (broad SMARTS) is 1. The summed E-state index contributed by atoms with van der Waals surface area (Å²) in [6.45, 7) is 0.252. The van der Waals surface area contributed by atoms with Crippen LogP contribution in [0.4, 0.5) is 0 Å². The Kier molecular flexibility index (Phi) is 4.80. The van der Waals surface area contributed by atoms with Crippen molar-refractivity contribution in [1.82, 2.24) is 15.2 Å². The van der Waals surface area contributed by atoms with Crippen molar-refractivity contribution < 1.29 is 14.6 Å². The van der Waals surface area contributed by atoms with Gasteiger partial charge in [-0.3, -0.25) is 9.89 Å². The number of aliphatic carboxylic acids is 1. The predicted molar refractivity (Wildman–Crippen MR) is 73.2 cm³/mol. The second-order valence-corrected chi connectivity index (χ2v) is 5.35. The molecule has 2 rings (SSSR count). The maximum absolute atomic E-state index is 10.4. The third-order valence-corrected chi connectivity index (χ3v) is 3.39. The van der Waals surface area contributed by atoms with Gasteiger partial charge in [0.2, 0.25) is 5.16 Å². The van der Waals surface area contributed by atoms with Crippen molar-refractivity contribution in [1.29, 1.82) is 0 Å². The fraction of sp³-hybridized carbons (Fsp3) is 0.182. The van der Waals surface area contributed by atoms with Crippen LogP contribution in [0.25, 0.3) is 0 Å². The molecule has 0 aliphatic rings. The molecule has 2 N–H and O–H groups in total. The number of H-pyrrole nitrogens is 1. The number of thioether (sulfide) groups is 1. The molecule has 8 heteroatoms. The van der Waals surface area contributed by atoms with Crippen LogP contribution in [0.1, 0.15) is 5.82 Å². The molecule has 0 aliphatic carbocycles. The number of ether oxygens (including phenoxy) is 1. The second kappa shape index (κ2) is 6.58. The zero-order valence-corrected chi connectivity index (χ0v) is 12.1. The molecule has 1 aromatic heterocycles. The SMILES string of the molecule is O=C(O)CSc1n[nH]c(COc2ccc(Br)cc2)n1. The molecular formula is C11H10BrN3O3S. The zero-order chi connectivity index (χ0) is 13.7. The summed E-state index contributed by atoms with van der Waals surface area (Å²) in [5.74, 6) is 0.308. The first-order valence-corrected chi connectivity index (χ1v) is 7.05. The molecule has 0 radical (unpaired) electrons. The van der Waals surface area contributed by atoms with E-state index in [1.165, 1.54) is 0 Å². The van der Waals surface area contributed by atoms with Crippen molar-refractivity contribution >= 4 is 33.7 Å². The lowest BCUT2D eigenvalue weighted by molar-refractivity contribution is -0.133. The van der Waals surface area contributed by atoms with Gasteiger partial charge in [0.1, 0.15) is 12.4 Å². The van der Waals surface area contributed by atoms with Gasteiger partial charge in [-0.15, -0.1) is 5.10 Å². The van der Waals surface area contributed by atoms with Gasteiger partial charge in [0.15, 0.2) is 5.82 Å². The van der Waals surface area contributed by atoms with Crippen molar-refractivity contribution in [2.24, 2.45) is 0 Å². The molecule has 100 valence electrons.